The molecule has 1 amide bonds. The van der Waals surface area contributed by atoms with Gasteiger partial charge in [0.25, 0.3) is 0 Å². The van der Waals surface area contributed by atoms with Crippen molar-refractivity contribution in [2.24, 2.45) is 27.6 Å². The Morgan fingerprint density at radius 2 is 1.04 bits per heavy atom. The van der Waals surface area contributed by atoms with Crippen LogP contribution in [0, 0.1) is 27.6 Å². The molecule has 0 aromatic heterocycles. The number of ether oxygens (including phenoxy) is 5. The highest BCUT2D eigenvalue weighted by Gasteiger charge is 2.26. The first-order valence-corrected chi connectivity index (χ1v) is 19.2. The highest BCUT2D eigenvalue weighted by molar-refractivity contribution is 5.87. The predicted molar refractivity (Wildman–Crippen MR) is 217 cm³/mol. The molecule has 0 spiro atoms. The maximum atomic E-state index is 11.3. The monoisotopic (exact) mass is 806 g/mol. The minimum atomic E-state index is -0.816. The van der Waals surface area contributed by atoms with Gasteiger partial charge in [-0.25, -0.2) is 0 Å². The molecule has 0 aliphatic rings. The molecule has 0 rings (SSSR count). The van der Waals surface area contributed by atoms with Crippen LogP contribution in [0.4, 0.5) is 0 Å². The molecule has 0 aromatic rings. The van der Waals surface area contributed by atoms with Crippen molar-refractivity contribution in [1.29, 1.82) is 0 Å². The van der Waals surface area contributed by atoms with Gasteiger partial charge in [0, 0.05) is 44.9 Å². The molecule has 1 N–H and O–H groups in total. The third-order valence-electron chi connectivity index (χ3n) is 6.17. The van der Waals surface area contributed by atoms with Crippen molar-refractivity contribution in [2.45, 2.75) is 177 Å². The van der Waals surface area contributed by atoms with Gasteiger partial charge in [-0.1, -0.05) is 48.5 Å². The van der Waals surface area contributed by atoms with Crippen LogP contribution in [-0.4, -0.2) is 79.5 Å². The van der Waals surface area contributed by atoms with Gasteiger partial charge in [-0.3, -0.25) is 38.4 Å². The Labute approximate surface area is 338 Å². The van der Waals surface area contributed by atoms with Gasteiger partial charge in [0.15, 0.2) is 5.78 Å². The number of hydrogen-bond donors (Lipinski definition) is 1. The Balaban J connectivity index is -0.000000197. The van der Waals surface area contributed by atoms with Gasteiger partial charge in [-0.2, -0.15) is 0 Å². The van der Waals surface area contributed by atoms with E-state index in [1.165, 1.54) is 20.8 Å². The van der Waals surface area contributed by atoms with Crippen LogP contribution in [0.1, 0.15) is 165 Å². The summed E-state index contributed by atoms with van der Waals surface area (Å²) < 4.78 is 23.9. The van der Waals surface area contributed by atoms with E-state index in [4.69, 9.17) is 14.2 Å². The van der Waals surface area contributed by atoms with E-state index in [0.29, 0.717) is 25.2 Å². The van der Waals surface area contributed by atoms with Crippen LogP contribution >= 0.6 is 0 Å². The van der Waals surface area contributed by atoms with Crippen LogP contribution in [0.3, 0.4) is 0 Å². The number of Topliss-reactive ketones (excluding diaryl/α,β-unsaturated/α-hetero) is 2. The maximum Gasteiger partial charge on any atom is 0.318 e. The second kappa shape index (κ2) is 30.5. The molecule has 14 nitrogen and oxygen atoms in total. The molecule has 56 heavy (non-hydrogen) atoms. The van der Waals surface area contributed by atoms with E-state index in [1.54, 1.807) is 62.3 Å². The Morgan fingerprint density at radius 1 is 0.589 bits per heavy atom. The van der Waals surface area contributed by atoms with Crippen molar-refractivity contribution in [3.05, 3.63) is 0 Å². The fraction of sp³-hybridized carbons (Fsp3) is 0.810. The Morgan fingerprint density at radius 3 is 1.30 bits per heavy atom. The number of hydrogen-bond acceptors (Lipinski definition) is 13. The number of amides is 1. The molecule has 330 valence electrons. The lowest BCUT2D eigenvalue weighted by Gasteiger charge is -2.20. The topological polar surface area (TPSA) is 195 Å². The summed E-state index contributed by atoms with van der Waals surface area (Å²) in [5.74, 6) is -1.53. The van der Waals surface area contributed by atoms with Crippen molar-refractivity contribution < 1.29 is 62.0 Å². The zero-order chi connectivity index (χ0) is 45.8. The smallest absolute Gasteiger partial charge is 0.318 e. The molecule has 14 heteroatoms. The first-order chi connectivity index (χ1) is 25.0. The average Bonchev–Trinajstić information content (AvgIpc) is 3.00. The second-order valence-electron chi connectivity index (χ2n) is 17.5. The van der Waals surface area contributed by atoms with Crippen LogP contribution in [0.2, 0.25) is 0 Å². The molecule has 0 bridgehead atoms. The quantitative estimate of drug-likeness (QED) is 0.0662. The first kappa shape index (κ1) is 61.5. The largest absolute Gasteiger partial charge is 0.463 e. The lowest BCUT2D eigenvalue weighted by Crippen LogP contribution is -2.30. The summed E-state index contributed by atoms with van der Waals surface area (Å²) in [5.41, 5.74) is -1.78. The van der Waals surface area contributed by atoms with Crippen LogP contribution < -0.4 is 5.32 Å². The summed E-state index contributed by atoms with van der Waals surface area (Å²) in [7, 11) is 0. The van der Waals surface area contributed by atoms with Crippen LogP contribution in [-0.2, 0) is 62.0 Å². The molecule has 1 atom stereocenters. The van der Waals surface area contributed by atoms with E-state index in [0.717, 1.165) is 6.42 Å². The minimum Gasteiger partial charge on any atom is -0.463 e. The molecule has 0 heterocycles. The molecule has 1 unspecified atom stereocenters. The summed E-state index contributed by atoms with van der Waals surface area (Å²) in [4.78, 5) is 86.9. The van der Waals surface area contributed by atoms with Gasteiger partial charge < -0.3 is 29.0 Å². The zero-order valence-corrected chi connectivity index (χ0v) is 38.8. The number of carbonyl (C=O) groups excluding carboxylic acids is 8. The lowest BCUT2D eigenvalue weighted by molar-refractivity contribution is -0.189. The van der Waals surface area contributed by atoms with Gasteiger partial charge in [0.1, 0.15) is 19.0 Å². The summed E-state index contributed by atoms with van der Waals surface area (Å²) in [6.07, 6.45) is 1.34. The minimum absolute atomic E-state index is 0.00399. The van der Waals surface area contributed by atoms with E-state index in [2.05, 4.69) is 14.8 Å². The van der Waals surface area contributed by atoms with E-state index in [-0.39, 0.29) is 54.3 Å². The van der Waals surface area contributed by atoms with E-state index in [1.807, 2.05) is 62.3 Å². The van der Waals surface area contributed by atoms with Crippen LogP contribution in [0.15, 0.2) is 0 Å². The van der Waals surface area contributed by atoms with Crippen molar-refractivity contribution in [1.82, 2.24) is 5.32 Å². The van der Waals surface area contributed by atoms with E-state index < -0.39 is 40.4 Å². The average molecular weight is 806 g/mol. The van der Waals surface area contributed by atoms with Crippen molar-refractivity contribution >= 4 is 47.3 Å². The SMILES string of the molecule is CC(=O)OC(=O)C(C)(C)C.CC(=O)OC(C)OC(=O)C(C)(C)C.CC(C)OCC(=O)C(C)C.CCC(=O)C(C)(C)C.CCCC(=O)NCCOC(=O)C(C)(C)C. The Kier molecular flexibility index (Phi) is 33.5. The summed E-state index contributed by atoms with van der Waals surface area (Å²) >= 11 is 0. The number of carbonyl (C=O) groups is 8. The standard InChI is InChI=1S/C11H21NO3.C9H16O4.C8H16O2.C7H12O3.C7H14O/c1-5-6-9(13)12-7-8-15-10(14)11(2,3)4;1-6(10)12-7(2)13-8(11)9(3,4)5;1-6(2)8(9)5-10-7(3)4;1-5(8)10-6(9)7(2,3)4;1-5-6(8)7(2,3)4/h5-8H2,1-4H3,(H,12,13);7H,1-5H3;6-7H,5H2,1-4H3;1-4H3;5H2,1-4H3. The lowest BCUT2D eigenvalue weighted by atomic mass is 9.90. The predicted octanol–water partition coefficient (Wildman–Crippen LogP) is 7.75. The summed E-state index contributed by atoms with van der Waals surface area (Å²) in [6.45, 7) is 37.8. The fourth-order valence-corrected chi connectivity index (χ4v) is 2.68. The van der Waals surface area contributed by atoms with E-state index in [9.17, 15) is 38.4 Å². The third-order valence-corrected chi connectivity index (χ3v) is 6.17. The van der Waals surface area contributed by atoms with Gasteiger partial charge in [0.2, 0.25) is 12.2 Å². The fourth-order valence-electron chi connectivity index (χ4n) is 2.68. The molecule has 0 aliphatic carbocycles. The summed E-state index contributed by atoms with van der Waals surface area (Å²) in [6, 6.07) is 0. The number of nitrogens with one attached hydrogen (secondary N) is 1. The number of ketones is 2. The highest BCUT2D eigenvalue weighted by atomic mass is 16.7. The van der Waals surface area contributed by atoms with Crippen molar-refractivity contribution in [3.8, 4) is 0 Å². The molecule has 0 aliphatic heterocycles. The van der Waals surface area contributed by atoms with Gasteiger partial charge in [-0.15, -0.1) is 0 Å². The molecular weight excluding hydrogens is 726 g/mol. The third kappa shape index (κ3) is 43.1. The van der Waals surface area contributed by atoms with Gasteiger partial charge >= 0.3 is 29.8 Å². The number of rotatable bonds is 12. The molecule has 0 aromatic carbocycles. The second-order valence-corrected chi connectivity index (χ2v) is 17.5. The van der Waals surface area contributed by atoms with Crippen LogP contribution in [0.5, 0.6) is 0 Å². The number of esters is 5. The summed E-state index contributed by atoms with van der Waals surface area (Å²) in [5, 5.41) is 2.67. The normalized spacial score (nSPS) is 11.6. The zero-order valence-electron chi connectivity index (χ0n) is 38.8. The molecule has 0 radical (unpaired) electrons. The maximum absolute atomic E-state index is 11.3. The Hall–Kier alpha value is -3.68. The van der Waals surface area contributed by atoms with Gasteiger partial charge in [-0.05, 0) is 82.6 Å². The molecular formula is C42H79NO13. The Bertz CT molecular complexity index is 1190. The van der Waals surface area contributed by atoms with Crippen LogP contribution in [0.25, 0.3) is 0 Å². The van der Waals surface area contributed by atoms with Gasteiger partial charge in [0.05, 0.1) is 28.9 Å². The van der Waals surface area contributed by atoms with E-state index >= 15 is 0 Å². The molecule has 0 fully saturated rings. The molecule has 0 saturated carbocycles. The molecule has 0 saturated heterocycles. The highest BCUT2D eigenvalue weighted by Crippen LogP contribution is 2.17. The van der Waals surface area contributed by atoms with Crippen molar-refractivity contribution in [2.75, 3.05) is 19.8 Å². The first-order valence-electron chi connectivity index (χ1n) is 19.2. The van der Waals surface area contributed by atoms with Crippen molar-refractivity contribution in [3.63, 3.8) is 0 Å².